The normalized spacial score (nSPS) is 24.2. The molecule has 2 fully saturated rings. The van der Waals surface area contributed by atoms with Gasteiger partial charge >= 0.3 is 5.97 Å². The van der Waals surface area contributed by atoms with Gasteiger partial charge in [0, 0.05) is 13.1 Å². The van der Waals surface area contributed by atoms with Gasteiger partial charge in [-0.15, -0.1) is 0 Å². The third-order valence-corrected chi connectivity index (χ3v) is 7.65. The van der Waals surface area contributed by atoms with Crippen molar-refractivity contribution in [1.82, 2.24) is 14.1 Å². The van der Waals surface area contributed by atoms with Crippen molar-refractivity contribution in [1.29, 1.82) is 0 Å². The van der Waals surface area contributed by atoms with E-state index >= 15 is 0 Å². The fourth-order valence-corrected chi connectivity index (χ4v) is 5.87. The second kappa shape index (κ2) is 8.89. The number of carbonyl (C=O) groups is 1. The molecule has 0 bridgehead atoms. The molecule has 1 N–H and O–H groups in total. The highest BCUT2D eigenvalue weighted by Gasteiger charge is 2.34. The summed E-state index contributed by atoms with van der Waals surface area (Å²) in [6, 6.07) is 0. The number of hydrogen-bond donors (Lipinski definition) is 1. The highest BCUT2D eigenvalue weighted by molar-refractivity contribution is 7.89. The zero-order valence-corrected chi connectivity index (χ0v) is 17.8. The molecular weight excluding hydrogens is 384 g/mol. The first-order chi connectivity index (χ1) is 13.3. The number of ether oxygens (including phenoxy) is 2. The van der Waals surface area contributed by atoms with Gasteiger partial charge in [0.15, 0.2) is 6.67 Å². The molecule has 0 amide bonds. The molecule has 2 saturated heterocycles. The lowest BCUT2D eigenvalue weighted by Crippen LogP contribution is -3.13. The van der Waals surface area contributed by atoms with Gasteiger partial charge in [-0.3, -0.25) is 4.79 Å². The number of quaternary nitrogens is 1. The summed E-state index contributed by atoms with van der Waals surface area (Å²) in [6.07, 6.45) is 1.78. The standard InChI is InChI=1S/C18H30N4O5S/c1-4-27-18(23)16-6-5-7-20(12-16)13-22-15(3)17(14(2)19-22)28(24,25)21-8-10-26-11-9-21/h16H,4-13H2,1-3H3/p+1/t16-/m0/s1. The van der Waals surface area contributed by atoms with Crippen LogP contribution < -0.4 is 4.90 Å². The summed E-state index contributed by atoms with van der Waals surface area (Å²) in [7, 11) is -3.59. The second-order valence-electron chi connectivity index (χ2n) is 7.47. The lowest BCUT2D eigenvalue weighted by Gasteiger charge is -2.29. The largest absolute Gasteiger partial charge is 0.466 e. The Labute approximate surface area is 166 Å². The maximum Gasteiger partial charge on any atom is 0.314 e. The number of nitrogens with zero attached hydrogens (tertiary/aromatic N) is 3. The first kappa shape index (κ1) is 21.2. The van der Waals surface area contributed by atoms with E-state index in [9.17, 15) is 13.2 Å². The van der Waals surface area contributed by atoms with E-state index in [-0.39, 0.29) is 11.9 Å². The van der Waals surface area contributed by atoms with Crippen LogP contribution >= 0.6 is 0 Å². The van der Waals surface area contributed by atoms with E-state index in [4.69, 9.17) is 9.47 Å². The van der Waals surface area contributed by atoms with E-state index in [1.165, 1.54) is 9.21 Å². The van der Waals surface area contributed by atoms with Crippen LogP contribution in [0.25, 0.3) is 0 Å². The van der Waals surface area contributed by atoms with Gasteiger partial charge in [-0.1, -0.05) is 0 Å². The van der Waals surface area contributed by atoms with Crippen LogP contribution in [-0.2, 0) is 31.0 Å². The molecule has 0 aromatic carbocycles. The average molecular weight is 416 g/mol. The fraction of sp³-hybridized carbons (Fsp3) is 0.778. The highest BCUT2D eigenvalue weighted by Crippen LogP contribution is 2.24. The predicted molar refractivity (Wildman–Crippen MR) is 101 cm³/mol. The minimum atomic E-state index is -3.59. The van der Waals surface area contributed by atoms with Crippen LogP contribution in [0.5, 0.6) is 0 Å². The maximum absolute atomic E-state index is 13.1. The van der Waals surface area contributed by atoms with E-state index in [1.807, 2.05) is 6.92 Å². The molecule has 2 aliphatic rings. The third-order valence-electron chi connectivity index (χ3n) is 5.49. The summed E-state index contributed by atoms with van der Waals surface area (Å²) in [5, 5.41) is 4.51. The number of nitrogens with one attached hydrogen (secondary N) is 1. The quantitative estimate of drug-likeness (QED) is 0.620. The SMILES string of the molecule is CCOC(=O)[C@H]1CCC[NH+](Cn2nc(C)c(S(=O)(=O)N3CCOCC3)c2C)C1. The number of esters is 1. The molecule has 0 saturated carbocycles. The van der Waals surface area contributed by atoms with E-state index in [2.05, 4.69) is 5.10 Å². The van der Waals surface area contributed by atoms with Crippen molar-refractivity contribution < 1.29 is 27.6 Å². The summed E-state index contributed by atoms with van der Waals surface area (Å²) < 4.78 is 39.9. The van der Waals surface area contributed by atoms with Gasteiger partial charge in [0.1, 0.15) is 10.8 Å². The zero-order valence-electron chi connectivity index (χ0n) is 16.9. The Hall–Kier alpha value is -1.49. The summed E-state index contributed by atoms with van der Waals surface area (Å²) in [5.74, 6) is -0.235. The summed E-state index contributed by atoms with van der Waals surface area (Å²) in [6.45, 7) is 9.48. The molecule has 0 aliphatic carbocycles. The van der Waals surface area contributed by atoms with Gasteiger partial charge in [0.2, 0.25) is 10.0 Å². The molecule has 0 radical (unpaired) electrons. The Morgan fingerprint density at radius 3 is 2.71 bits per heavy atom. The van der Waals surface area contributed by atoms with Gasteiger partial charge in [0.05, 0.1) is 44.3 Å². The number of sulfonamides is 1. The van der Waals surface area contributed by atoms with Crippen LogP contribution in [0.2, 0.25) is 0 Å². The van der Waals surface area contributed by atoms with Crippen molar-refractivity contribution in [2.24, 2.45) is 5.92 Å². The lowest BCUT2D eigenvalue weighted by molar-refractivity contribution is -0.930. The van der Waals surface area contributed by atoms with E-state index in [1.54, 1.807) is 18.5 Å². The molecule has 1 unspecified atom stereocenters. The summed E-state index contributed by atoms with van der Waals surface area (Å²) in [4.78, 5) is 13.6. The molecule has 1 aromatic rings. The van der Waals surface area contributed by atoms with Crippen molar-refractivity contribution in [2.45, 2.75) is 45.2 Å². The number of rotatable bonds is 6. The number of likely N-dealkylation sites (tertiary alicyclic amines) is 1. The molecule has 3 rings (SSSR count). The monoisotopic (exact) mass is 415 g/mol. The van der Waals surface area contributed by atoms with Crippen LogP contribution in [0, 0.1) is 19.8 Å². The fourth-order valence-electron chi connectivity index (χ4n) is 4.09. The van der Waals surface area contributed by atoms with Crippen LogP contribution in [0.1, 0.15) is 31.2 Å². The summed E-state index contributed by atoms with van der Waals surface area (Å²) >= 11 is 0. The van der Waals surface area contributed by atoms with E-state index in [0.717, 1.165) is 19.4 Å². The molecule has 28 heavy (non-hydrogen) atoms. The minimum absolute atomic E-state index is 0.0998. The van der Waals surface area contributed by atoms with Crippen molar-refractivity contribution in [3.05, 3.63) is 11.4 Å². The van der Waals surface area contributed by atoms with Crippen LogP contribution in [0.4, 0.5) is 0 Å². The zero-order chi connectivity index (χ0) is 20.3. The van der Waals surface area contributed by atoms with Crippen molar-refractivity contribution in [3.8, 4) is 0 Å². The van der Waals surface area contributed by atoms with Gasteiger partial charge < -0.3 is 14.4 Å². The third kappa shape index (κ3) is 4.40. The molecule has 1 aromatic heterocycles. The van der Waals surface area contributed by atoms with Gasteiger partial charge in [-0.05, 0) is 33.6 Å². The Kier molecular flexibility index (Phi) is 6.74. The van der Waals surface area contributed by atoms with Gasteiger partial charge in [0.25, 0.3) is 0 Å². The topological polar surface area (TPSA) is 95.2 Å². The Balaban J connectivity index is 1.75. The number of piperidine rings is 1. The van der Waals surface area contributed by atoms with Crippen LogP contribution in [-0.4, -0.2) is 74.5 Å². The molecule has 2 atom stereocenters. The van der Waals surface area contributed by atoms with E-state index in [0.29, 0.717) is 62.4 Å². The average Bonchev–Trinajstić information content (AvgIpc) is 2.96. The molecule has 158 valence electrons. The number of carbonyl (C=O) groups excluding carboxylic acids is 1. The van der Waals surface area contributed by atoms with Crippen molar-refractivity contribution in [3.63, 3.8) is 0 Å². The first-order valence-electron chi connectivity index (χ1n) is 9.96. The number of hydrogen-bond acceptors (Lipinski definition) is 6. The van der Waals surface area contributed by atoms with Gasteiger partial charge in [-0.25, -0.2) is 13.1 Å². The predicted octanol–water partition coefficient (Wildman–Crippen LogP) is -0.664. The summed E-state index contributed by atoms with van der Waals surface area (Å²) in [5.41, 5.74) is 1.16. The lowest BCUT2D eigenvalue weighted by atomic mass is 9.99. The Morgan fingerprint density at radius 1 is 1.32 bits per heavy atom. The second-order valence-corrected chi connectivity index (χ2v) is 9.34. The molecule has 9 nitrogen and oxygen atoms in total. The van der Waals surface area contributed by atoms with Crippen LogP contribution in [0.15, 0.2) is 4.90 Å². The van der Waals surface area contributed by atoms with Crippen LogP contribution in [0.3, 0.4) is 0 Å². The maximum atomic E-state index is 13.1. The number of morpholine rings is 1. The Morgan fingerprint density at radius 2 is 2.04 bits per heavy atom. The van der Waals surface area contributed by atoms with Gasteiger partial charge in [-0.2, -0.15) is 9.40 Å². The number of aromatic nitrogens is 2. The smallest absolute Gasteiger partial charge is 0.314 e. The molecular formula is C18H31N4O5S+. The molecule has 3 heterocycles. The molecule has 2 aliphatic heterocycles. The van der Waals surface area contributed by atoms with E-state index < -0.39 is 10.0 Å². The highest BCUT2D eigenvalue weighted by atomic mass is 32.2. The molecule has 0 spiro atoms. The molecule has 10 heteroatoms. The minimum Gasteiger partial charge on any atom is -0.466 e. The van der Waals surface area contributed by atoms with Crippen molar-refractivity contribution in [2.75, 3.05) is 46.0 Å². The Bertz CT molecular complexity index is 801. The number of aryl methyl sites for hydroxylation is 1. The first-order valence-corrected chi connectivity index (χ1v) is 11.4. The van der Waals surface area contributed by atoms with Crippen molar-refractivity contribution >= 4 is 16.0 Å².